The summed E-state index contributed by atoms with van der Waals surface area (Å²) >= 11 is 12.8. The van der Waals surface area contributed by atoms with Gasteiger partial charge in [-0.05, 0) is 67.6 Å². The molecule has 1 atom stereocenters. The molecule has 0 radical (unpaired) electrons. The molecule has 6 heteroatoms. The van der Waals surface area contributed by atoms with Crippen molar-refractivity contribution in [1.82, 2.24) is 10.4 Å². The fourth-order valence-corrected chi connectivity index (χ4v) is 2.73. The van der Waals surface area contributed by atoms with Gasteiger partial charge in [-0.3, -0.25) is 16.3 Å². The lowest BCUT2D eigenvalue weighted by Gasteiger charge is -2.17. The van der Waals surface area contributed by atoms with Gasteiger partial charge in [0.25, 0.3) is 0 Å². The fraction of sp³-hybridized carbons (Fsp3) is 0.154. The van der Waals surface area contributed by atoms with Gasteiger partial charge in [-0.1, -0.05) is 17.7 Å². The van der Waals surface area contributed by atoms with Crippen molar-refractivity contribution >= 4 is 43.5 Å². The second-order valence-corrected chi connectivity index (χ2v) is 6.29. The molecule has 0 bridgehead atoms. The third-order valence-corrected chi connectivity index (χ3v) is 4.40. The number of nitrogens with zero attached hydrogens (tertiary/aromatic N) is 1. The molecule has 1 heterocycles. The Labute approximate surface area is 133 Å². The van der Waals surface area contributed by atoms with Crippen molar-refractivity contribution in [2.45, 2.75) is 12.5 Å². The summed E-state index contributed by atoms with van der Waals surface area (Å²) in [5.41, 5.74) is 4.99. The maximum absolute atomic E-state index is 5.99. The lowest BCUT2D eigenvalue weighted by Crippen LogP contribution is -2.29. The summed E-state index contributed by atoms with van der Waals surface area (Å²) in [5, 5.41) is 0.684. The Morgan fingerprint density at radius 3 is 2.68 bits per heavy atom. The van der Waals surface area contributed by atoms with Gasteiger partial charge in [-0.25, -0.2) is 0 Å². The molecule has 0 saturated heterocycles. The van der Waals surface area contributed by atoms with E-state index in [1.807, 2.05) is 30.5 Å². The van der Waals surface area contributed by atoms with Crippen molar-refractivity contribution in [2.75, 3.05) is 0 Å². The van der Waals surface area contributed by atoms with Gasteiger partial charge in [0.05, 0.1) is 11.1 Å². The Kier molecular flexibility index (Phi) is 5.36. The Morgan fingerprint density at radius 1 is 1.26 bits per heavy atom. The molecule has 0 amide bonds. The average molecular weight is 406 g/mol. The smallest absolute Gasteiger partial charge is 0.0548 e. The predicted octanol–water partition coefficient (Wildman–Crippen LogP) is 4.01. The number of nitrogens with two attached hydrogens (primary N) is 1. The van der Waals surface area contributed by atoms with E-state index in [9.17, 15) is 0 Å². The van der Waals surface area contributed by atoms with E-state index in [4.69, 9.17) is 17.4 Å². The number of nitrogens with one attached hydrogen (secondary N) is 1. The lowest BCUT2D eigenvalue weighted by molar-refractivity contribution is 0.551. The average Bonchev–Trinajstić information content (AvgIpc) is 2.39. The van der Waals surface area contributed by atoms with E-state index in [0.29, 0.717) is 5.02 Å². The summed E-state index contributed by atoms with van der Waals surface area (Å²) in [7, 11) is 0. The second kappa shape index (κ2) is 6.81. The first kappa shape index (κ1) is 14.9. The van der Waals surface area contributed by atoms with Crippen molar-refractivity contribution in [3.8, 4) is 0 Å². The number of halogens is 3. The van der Waals surface area contributed by atoms with Crippen molar-refractivity contribution in [2.24, 2.45) is 5.84 Å². The van der Waals surface area contributed by atoms with Crippen LogP contribution in [-0.2, 0) is 6.42 Å². The van der Waals surface area contributed by atoms with Crippen LogP contribution in [0.1, 0.15) is 17.2 Å². The minimum Gasteiger partial charge on any atom is -0.271 e. The van der Waals surface area contributed by atoms with Crippen molar-refractivity contribution in [1.29, 1.82) is 0 Å². The number of hydrogen-bond donors (Lipinski definition) is 2. The Bertz CT molecular complexity index is 578. The summed E-state index contributed by atoms with van der Waals surface area (Å²) in [6, 6.07) is 7.82. The molecule has 19 heavy (non-hydrogen) atoms. The number of rotatable bonds is 4. The maximum atomic E-state index is 5.99. The maximum Gasteiger partial charge on any atom is 0.0548 e. The van der Waals surface area contributed by atoms with Crippen LogP contribution >= 0.6 is 43.5 Å². The molecule has 1 aromatic carbocycles. The Balaban J connectivity index is 2.22. The van der Waals surface area contributed by atoms with Gasteiger partial charge in [0.2, 0.25) is 0 Å². The van der Waals surface area contributed by atoms with Gasteiger partial charge in [-0.2, -0.15) is 0 Å². The summed E-state index contributed by atoms with van der Waals surface area (Å²) in [4.78, 5) is 4.15. The molecular formula is C13H12Br2ClN3. The first-order valence-electron chi connectivity index (χ1n) is 5.60. The van der Waals surface area contributed by atoms with Gasteiger partial charge in [0.1, 0.15) is 0 Å². The highest BCUT2D eigenvalue weighted by Gasteiger charge is 2.12. The van der Waals surface area contributed by atoms with Crippen LogP contribution < -0.4 is 11.3 Å². The molecule has 1 aromatic heterocycles. The van der Waals surface area contributed by atoms with E-state index in [1.54, 1.807) is 6.20 Å². The molecule has 1 unspecified atom stereocenters. The SMILES string of the molecule is NNC(Cc1cncc(Br)c1)c1ccc(Cl)c(Br)c1. The molecule has 3 N–H and O–H groups in total. The molecule has 2 aromatic rings. The van der Waals surface area contributed by atoms with Gasteiger partial charge in [0, 0.05) is 21.3 Å². The zero-order chi connectivity index (χ0) is 13.8. The number of aromatic nitrogens is 1. The highest BCUT2D eigenvalue weighted by molar-refractivity contribution is 9.10. The molecule has 0 aliphatic heterocycles. The first-order valence-corrected chi connectivity index (χ1v) is 7.57. The van der Waals surface area contributed by atoms with E-state index in [-0.39, 0.29) is 6.04 Å². The molecule has 3 nitrogen and oxygen atoms in total. The summed E-state index contributed by atoms with van der Waals surface area (Å²) in [6.45, 7) is 0. The molecule has 0 fully saturated rings. The van der Waals surface area contributed by atoms with Gasteiger partial charge >= 0.3 is 0 Å². The van der Waals surface area contributed by atoms with Crippen molar-refractivity contribution in [3.05, 3.63) is 61.8 Å². The number of benzene rings is 1. The summed E-state index contributed by atoms with van der Waals surface area (Å²) in [5.74, 6) is 5.65. The first-order chi connectivity index (χ1) is 9.10. The van der Waals surface area contributed by atoms with E-state index in [1.165, 1.54) is 0 Å². The second-order valence-electron chi connectivity index (χ2n) is 4.11. The molecule has 0 spiro atoms. The quantitative estimate of drug-likeness (QED) is 0.597. The molecule has 0 aliphatic carbocycles. The summed E-state index contributed by atoms with van der Waals surface area (Å²) < 4.78 is 1.82. The Morgan fingerprint density at radius 2 is 2.05 bits per heavy atom. The van der Waals surface area contributed by atoms with E-state index in [0.717, 1.165) is 26.5 Å². The topological polar surface area (TPSA) is 50.9 Å². The van der Waals surface area contributed by atoms with Crippen LogP contribution in [0.15, 0.2) is 45.6 Å². The van der Waals surface area contributed by atoms with Gasteiger partial charge in [-0.15, -0.1) is 0 Å². The van der Waals surface area contributed by atoms with Crippen LogP contribution in [0.3, 0.4) is 0 Å². The molecule has 0 saturated carbocycles. The monoisotopic (exact) mass is 403 g/mol. The number of hydrazine groups is 1. The van der Waals surface area contributed by atoms with Crippen LogP contribution in [-0.4, -0.2) is 4.98 Å². The van der Waals surface area contributed by atoms with Gasteiger partial charge in [0.15, 0.2) is 0 Å². The van der Waals surface area contributed by atoms with Crippen molar-refractivity contribution in [3.63, 3.8) is 0 Å². The zero-order valence-electron chi connectivity index (χ0n) is 9.91. The predicted molar refractivity (Wildman–Crippen MR) is 84.9 cm³/mol. The van der Waals surface area contributed by atoms with Gasteiger partial charge < -0.3 is 0 Å². The molecule has 2 rings (SSSR count). The van der Waals surface area contributed by atoms with Crippen LogP contribution in [0, 0.1) is 0 Å². The zero-order valence-corrected chi connectivity index (χ0v) is 13.8. The molecule has 0 aliphatic rings. The highest BCUT2D eigenvalue weighted by atomic mass is 79.9. The number of hydrogen-bond acceptors (Lipinski definition) is 3. The minimum atomic E-state index is 0.00432. The van der Waals surface area contributed by atoms with E-state index < -0.39 is 0 Å². The van der Waals surface area contributed by atoms with Crippen molar-refractivity contribution < 1.29 is 0 Å². The Hall–Kier alpha value is -0.460. The van der Waals surface area contributed by atoms with Crippen LogP contribution in [0.4, 0.5) is 0 Å². The third-order valence-electron chi connectivity index (χ3n) is 2.75. The minimum absolute atomic E-state index is 0.00432. The van der Waals surface area contributed by atoms with E-state index in [2.05, 4.69) is 42.3 Å². The lowest BCUT2D eigenvalue weighted by atomic mass is 10.0. The van der Waals surface area contributed by atoms with Crippen LogP contribution in [0.25, 0.3) is 0 Å². The highest BCUT2D eigenvalue weighted by Crippen LogP contribution is 2.27. The number of pyridine rings is 1. The largest absolute Gasteiger partial charge is 0.271 e. The fourth-order valence-electron chi connectivity index (χ4n) is 1.81. The molecule has 100 valence electrons. The van der Waals surface area contributed by atoms with Crippen LogP contribution in [0.5, 0.6) is 0 Å². The van der Waals surface area contributed by atoms with E-state index >= 15 is 0 Å². The third kappa shape index (κ3) is 4.00. The molecular weight excluding hydrogens is 393 g/mol. The summed E-state index contributed by atoms with van der Waals surface area (Å²) in [6.07, 6.45) is 4.34. The standard InChI is InChI=1S/C13H12Br2ClN3/c14-10-3-8(6-18-7-10)4-13(19-17)9-1-2-12(16)11(15)5-9/h1-3,5-7,13,19H,4,17H2. The van der Waals surface area contributed by atoms with Crippen LogP contribution in [0.2, 0.25) is 5.02 Å². The normalized spacial score (nSPS) is 12.4.